The van der Waals surface area contributed by atoms with Crippen molar-refractivity contribution in [3.05, 3.63) is 18.1 Å². The highest BCUT2D eigenvalue weighted by atomic mass is 19.3. The van der Waals surface area contributed by atoms with Crippen molar-refractivity contribution < 1.29 is 18.7 Å². The number of anilines is 2. The van der Waals surface area contributed by atoms with Crippen LogP contribution in [0.25, 0.3) is 5.65 Å². The molecule has 0 radical (unpaired) electrons. The number of rotatable bonds is 2. The first-order chi connectivity index (χ1) is 10.3. The molecule has 3 rings (SSSR count). The van der Waals surface area contributed by atoms with E-state index < -0.39 is 12.0 Å². The van der Waals surface area contributed by atoms with E-state index >= 15 is 0 Å². The molecule has 0 aliphatic carbocycles. The van der Waals surface area contributed by atoms with Gasteiger partial charge >= 0.3 is 6.09 Å². The second kappa shape index (κ2) is 5.08. The molecule has 9 heteroatoms. The highest BCUT2D eigenvalue weighted by Crippen LogP contribution is 2.31. The molecule has 1 saturated heterocycles. The first-order valence-electron chi connectivity index (χ1n) is 6.83. The second-order valence-corrected chi connectivity index (χ2v) is 5.34. The zero-order valence-electron chi connectivity index (χ0n) is 11.9. The third kappa shape index (κ3) is 2.78. The predicted octanol–water partition coefficient (Wildman–Crippen LogP) is 2.36. The molecule has 0 spiro atoms. The first kappa shape index (κ1) is 14.5. The summed E-state index contributed by atoms with van der Waals surface area (Å²) < 4.78 is 28.3. The van der Waals surface area contributed by atoms with Crippen molar-refractivity contribution in [2.45, 2.75) is 25.7 Å². The van der Waals surface area contributed by atoms with Crippen LogP contribution in [0.2, 0.25) is 0 Å². The maximum absolute atomic E-state index is 13.3. The summed E-state index contributed by atoms with van der Waals surface area (Å²) in [6.07, 6.45) is 1.49. The molecule has 0 saturated carbocycles. The molecule has 118 valence electrons. The Kier molecular flexibility index (Phi) is 3.34. The van der Waals surface area contributed by atoms with E-state index in [-0.39, 0.29) is 31.7 Å². The van der Waals surface area contributed by atoms with Crippen LogP contribution in [-0.4, -0.2) is 44.6 Å². The molecule has 2 N–H and O–H groups in total. The van der Waals surface area contributed by atoms with E-state index in [0.29, 0.717) is 11.5 Å². The minimum absolute atomic E-state index is 0.129. The number of hydrogen-bond donors (Lipinski definition) is 2. The van der Waals surface area contributed by atoms with Gasteiger partial charge < -0.3 is 14.4 Å². The lowest BCUT2D eigenvalue weighted by molar-refractivity contribution is -0.0221. The number of hydrogen-bond acceptors (Lipinski definition) is 4. The van der Waals surface area contributed by atoms with Crippen molar-refractivity contribution in [1.29, 1.82) is 0 Å². The Balaban J connectivity index is 2.01. The largest absolute Gasteiger partial charge is 0.465 e. The minimum Gasteiger partial charge on any atom is -0.465 e. The van der Waals surface area contributed by atoms with Crippen molar-refractivity contribution in [3.63, 3.8) is 0 Å². The smallest absolute Gasteiger partial charge is 0.410 e. The molecular formula is C13H15F2N5O2. The molecule has 0 aromatic carbocycles. The SMILES string of the molecule is Cc1cn2cc(NC(=O)O)nc(N3CCC(F)(F)CC3)c2n1. The van der Waals surface area contributed by atoms with E-state index in [9.17, 15) is 13.6 Å². The van der Waals surface area contributed by atoms with Crippen LogP contribution in [-0.2, 0) is 0 Å². The Morgan fingerprint density at radius 2 is 2.00 bits per heavy atom. The third-order valence-corrected chi connectivity index (χ3v) is 3.57. The maximum atomic E-state index is 13.3. The van der Waals surface area contributed by atoms with Gasteiger partial charge in [-0.1, -0.05) is 0 Å². The molecule has 2 aromatic heterocycles. The summed E-state index contributed by atoms with van der Waals surface area (Å²) in [7, 11) is 0. The average molecular weight is 311 g/mol. The molecule has 22 heavy (non-hydrogen) atoms. The molecule has 7 nitrogen and oxygen atoms in total. The molecule has 0 unspecified atom stereocenters. The number of imidazole rings is 1. The van der Waals surface area contributed by atoms with Gasteiger partial charge in [0, 0.05) is 32.1 Å². The average Bonchev–Trinajstić information content (AvgIpc) is 2.77. The lowest BCUT2D eigenvalue weighted by atomic mass is 10.1. The van der Waals surface area contributed by atoms with E-state index in [1.165, 1.54) is 6.20 Å². The zero-order chi connectivity index (χ0) is 15.9. The van der Waals surface area contributed by atoms with Crippen LogP contribution >= 0.6 is 0 Å². The third-order valence-electron chi connectivity index (χ3n) is 3.57. The van der Waals surface area contributed by atoms with Crippen LogP contribution in [0.1, 0.15) is 18.5 Å². The number of nitrogens with one attached hydrogen (secondary N) is 1. The monoisotopic (exact) mass is 311 g/mol. The van der Waals surface area contributed by atoms with E-state index in [1.807, 2.05) is 0 Å². The van der Waals surface area contributed by atoms with E-state index in [2.05, 4.69) is 15.3 Å². The van der Waals surface area contributed by atoms with E-state index in [0.717, 1.165) is 5.69 Å². The molecule has 1 fully saturated rings. The van der Waals surface area contributed by atoms with Gasteiger partial charge in [-0.25, -0.2) is 23.5 Å². The van der Waals surface area contributed by atoms with Crippen LogP contribution in [0, 0.1) is 6.92 Å². The fraction of sp³-hybridized carbons (Fsp3) is 0.462. The molecule has 1 amide bonds. The summed E-state index contributed by atoms with van der Waals surface area (Å²) in [4.78, 5) is 21.1. The Bertz CT molecular complexity index is 721. The van der Waals surface area contributed by atoms with Crippen molar-refractivity contribution >= 4 is 23.4 Å². The quantitative estimate of drug-likeness (QED) is 0.889. The summed E-state index contributed by atoms with van der Waals surface area (Å²) in [5, 5.41) is 11.0. The van der Waals surface area contributed by atoms with Gasteiger partial charge in [0.25, 0.3) is 5.92 Å². The van der Waals surface area contributed by atoms with Crippen molar-refractivity contribution in [3.8, 4) is 0 Å². The van der Waals surface area contributed by atoms with Crippen LogP contribution in [0.15, 0.2) is 12.4 Å². The molecule has 0 atom stereocenters. The Labute approximate surface area is 124 Å². The lowest BCUT2D eigenvalue weighted by Crippen LogP contribution is -2.40. The fourth-order valence-electron chi connectivity index (χ4n) is 2.53. The molecule has 1 aliphatic heterocycles. The number of fused-ring (bicyclic) bond motifs is 1. The predicted molar refractivity (Wildman–Crippen MR) is 75.8 cm³/mol. The molecule has 0 bridgehead atoms. The highest BCUT2D eigenvalue weighted by molar-refractivity contribution is 5.82. The number of aromatic nitrogens is 3. The van der Waals surface area contributed by atoms with Gasteiger partial charge in [0.2, 0.25) is 0 Å². The van der Waals surface area contributed by atoms with Crippen LogP contribution in [0.5, 0.6) is 0 Å². The minimum atomic E-state index is -2.66. The Morgan fingerprint density at radius 1 is 1.32 bits per heavy atom. The Hall–Kier alpha value is -2.45. The topological polar surface area (TPSA) is 82.8 Å². The van der Waals surface area contributed by atoms with Crippen molar-refractivity contribution in [2.75, 3.05) is 23.3 Å². The van der Waals surface area contributed by atoms with E-state index in [1.54, 1.807) is 22.4 Å². The number of amides is 1. The van der Waals surface area contributed by atoms with Crippen LogP contribution in [0.4, 0.5) is 25.2 Å². The zero-order valence-corrected chi connectivity index (χ0v) is 11.9. The summed E-state index contributed by atoms with van der Waals surface area (Å²) in [5.41, 5.74) is 1.26. The molecule has 1 aliphatic rings. The van der Waals surface area contributed by atoms with Gasteiger partial charge in [-0.3, -0.25) is 5.32 Å². The normalized spacial score (nSPS) is 17.7. The molecular weight excluding hydrogens is 296 g/mol. The van der Waals surface area contributed by atoms with Crippen LogP contribution < -0.4 is 10.2 Å². The highest BCUT2D eigenvalue weighted by Gasteiger charge is 2.35. The maximum Gasteiger partial charge on any atom is 0.410 e. The number of nitrogens with zero attached hydrogens (tertiary/aromatic N) is 4. The standard InChI is InChI=1S/C13H15F2N5O2/c1-8-6-20-7-9(18-12(21)22)17-11(10(20)16-8)19-4-2-13(14,15)3-5-19/h6-7,18H,2-5H2,1H3,(H,21,22). The number of carbonyl (C=O) groups is 1. The van der Waals surface area contributed by atoms with Gasteiger partial charge in [0.1, 0.15) is 0 Å². The molecule has 2 aromatic rings. The second-order valence-electron chi connectivity index (χ2n) is 5.34. The van der Waals surface area contributed by atoms with Crippen LogP contribution in [0.3, 0.4) is 0 Å². The fourth-order valence-corrected chi connectivity index (χ4v) is 2.53. The van der Waals surface area contributed by atoms with Gasteiger partial charge in [-0.2, -0.15) is 0 Å². The number of carboxylic acid groups (broad SMARTS) is 1. The van der Waals surface area contributed by atoms with Gasteiger partial charge in [-0.05, 0) is 6.92 Å². The molecule has 3 heterocycles. The van der Waals surface area contributed by atoms with E-state index in [4.69, 9.17) is 5.11 Å². The Morgan fingerprint density at radius 3 is 2.64 bits per heavy atom. The number of alkyl halides is 2. The van der Waals surface area contributed by atoms with Gasteiger partial charge in [0.05, 0.1) is 11.9 Å². The van der Waals surface area contributed by atoms with Gasteiger partial charge in [-0.15, -0.1) is 0 Å². The van der Waals surface area contributed by atoms with Gasteiger partial charge in [0.15, 0.2) is 17.3 Å². The van der Waals surface area contributed by atoms with Crippen molar-refractivity contribution in [1.82, 2.24) is 14.4 Å². The number of piperidine rings is 1. The number of aryl methyl sites for hydroxylation is 1. The summed E-state index contributed by atoms with van der Waals surface area (Å²) in [6, 6.07) is 0. The summed E-state index contributed by atoms with van der Waals surface area (Å²) in [5.74, 6) is -2.12. The lowest BCUT2D eigenvalue weighted by Gasteiger charge is -2.32. The first-order valence-corrected chi connectivity index (χ1v) is 6.83. The summed E-state index contributed by atoms with van der Waals surface area (Å²) in [6.45, 7) is 2.10. The number of halogens is 2. The summed E-state index contributed by atoms with van der Waals surface area (Å²) >= 11 is 0. The van der Waals surface area contributed by atoms with Crippen molar-refractivity contribution in [2.24, 2.45) is 0 Å².